The molecule has 0 fully saturated rings. The maximum Gasteiger partial charge on any atom is 0.264 e. The third-order valence-corrected chi connectivity index (χ3v) is 4.59. The summed E-state index contributed by atoms with van der Waals surface area (Å²) in [5, 5.41) is 8.78. The standard InChI is InChI=1S/C15H33NO.C2H6O3S/c1-3-4-5-6-7-8-9-10-11-12-13-16(2)14-15-17;1-2-6(3,4)5/h17H,3-15H2,1-2H3;2H2,1H3,(H,3,4,5)/p+1. The smallest absolute Gasteiger partial charge is 0.264 e. The van der Waals surface area contributed by atoms with E-state index < -0.39 is 10.1 Å². The Morgan fingerprint density at radius 2 is 1.17 bits per heavy atom. The van der Waals surface area contributed by atoms with E-state index in [1.807, 2.05) is 0 Å². The first-order valence-electron chi connectivity index (χ1n) is 9.24. The van der Waals surface area contributed by atoms with Crippen LogP contribution in [-0.4, -0.2) is 50.6 Å². The number of aliphatic hydroxyl groups is 1. The minimum absolute atomic E-state index is 0.201. The van der Waals surface area contributed by atoms with Gasteiger partial charge >= 0.3 is 0 Å². The van der Waals surface area contributed by atoms with E-state index >= 15 is 0 Å². The Balaban J connectivity index is 0. The quantitative estimate of drug-likeness (QED) is 0.330. The highest BCUT2D eigenvalue weighted by Gasteiger charge is 1.99. The van der Waals surface area contributed by atoms with E-state index in [9.17, 15) is 8.42 Å². The second kappa shape index (κ2) is 18.2. The van der Waals surface area contributed by atoms with Crippen molar-refractivity contribution >= 4 is 10.1 Å². The number of hydrogen-bond acceptors (Lipinski definition) is 3. The molecule has 0 heterocycles. The lowest BCUT2D eigenvalue weighted by molar-refractivity contribution is -0.880. The van der Waals surface area contributed by atoms with Crippen LogP contribution in [0.25, 0.3) is 0 Å². The lowest BCUT2D eigenvalue weighted by Gasteiger charge is -2.11. The summed E-state index contributed by atoms with van der Waals surface area (Å²) in [6.07, 6.45) is 14.0. The Kier molecular flexibility index (Phi) is 19.8. The second-order valence-corrected chi connectivity index (χ2v) is 7.97. The molecule has 142 valence electrons. The number of likely N-dealkylation sites (N-methyl/N-ethyl adjacent to an activating group) is 1. The lowest BCUT2D eigenvalue weighted by Crippen LogP contribution is -3.09. The van der Waals surface area contributed by atoms with Gasteiger partial charge in [-0.05, 0) is 19.8 Å². The molecule has 1 atom stereocenters. The van der Waals surface area contributed by atoms with Gasteiger partial charge in [0, 0.05) is 0 Å². The molecule has 0 aromatic heterocycles. The molecule has 0 aliphatic heterocycles. The van der Waals surface area contributed by atoms with E-state index in [1.54, 1.807) is 0 Å². The highest BCUT2D eigenvalue weighted by molar-refractivity contribution is 7.85. The predicted molar refractivity (Wildman–Crippen MR) is 97.6 cm³/mol. The van der Waals surface area contributed by atoms with Crippen LogP contribution >= 0.6 is 0 Å². The Labute approximate surface area is 144 Å². The van der Waals surface area contributed by atoms with Gasteiger partial charge in [0.15, 0.2) is 0 Å². The van der Waals surface area contributed by atoms with Crippen LogP contribution in [0, 0.1) is 0 Å². The maximum absolute atomic E-state index is 9.56. The van der Waals surface area contributed by atoms with Gasteiger partial charge in [0.1, 0.15) is 6.54 Å². The van der Waals surface area contributed by atoms with Crippen LogP contribution in [0.5, 0.6) is 0 Å². The van der Waals surface area contributed by atoms with Crippen LogP contribution in [0.1, 0.15) is 78.1 Å². The van der Waals surface area contributed by atoms with Gasteiger partial charge in [0.2, 0.25) is 0 Å². The van der Waals surface area contributed by atoms with Gasteiger partial charge in [-0.2, -0.15) is 8.42 Å². The molecule has 0 spiro atoms. The van der Waals surface area contributed by atoms with Crippen molar-refractivity contribution in [3.63, 3.8) is 0 Å². The number of aliphatic hydroxyl groups excluding tert-OH is 1. The normalized spacial score (nSPS) is 12.6. The highest BCUT2D eigenvalue weighted by Crippen LogP contribution is 2.09. The fourth-order valence-electron chi connectivity index (χ4n) is 2.23. The average molecular weight is 355 g/mol. The molecule has 0 saturated carbocycles. The first-order valence-corrected chi connectivity index (χ1v) is 10.9. The fraction of sp³-hybridized carbons (Fsp3) is 1.00. The van der Waals surface area contributed by atoms with Gasteiger partial charge in [0.05, 0.1) is 26.0 Å². The first kappa shape index (κ1) is 25.1. The molecule has 0 amide bonds. The van der Waals surface area contributed by atoms with Crippen LogP contribution in [-0.2, 0) is 10.1 Å². The van der Waals surface area contributed by atoms with E-state index in [-0.39, 0.29) is 5.75 Å². The molecular formula is C17H40NO4S+. The number of quaternary nitrogens is 1. The monoisotopic (exact) mass is 354 g/mol. The minimum Gasteiger partial charge on any atom is -0.391 e. The largest absolute Gasteiger partial charge is 0.391 e. The summed E-state index contributed by atoms with van der Waals surface area (Å²) in [4.78, 5) is 1.46. The third kappa shape index (κ3) is 27.0. The van der Waals surface area contributed by atoms with E-state index in [2.05, 4.69) is 14.0 Å². The van der Waals surface area contributed by atoms with Crippen molar-refractivity contribution in [2.24, 2.45) is 0 Å². The van der Waals surface area contributed by atoms with E-state index in [1.165, 1.54) is 82.6 Å². The van der Waals surface area contributed by atoms with Crippen molar-refractivity contribution in [3.05, 3.63) is 0 Å². The van der Waals surface area contributed by atoms with Crippen LogP contribution in [0.15, 0.2) is 0 Å². The van der Waals surface area contributed by atoms with E-state index in [0.29, 0.717) is 6.61 Å². The Morgan fingerprint density at radius 3 is 1.52 bits per heavy atom. The van der Waals surface area contributed by atoms with Gasteiger partial charge in [0.25, 0.3) is 10.1 Å². The number of nitrogens with one attached hydrogen (secondary N) is 1. The van der Waals surface area contributed by atoms with Crippen molar-refractivity contribution in [3.8, 4) is 0 Å². The summed E-state index contributed by atoms with van der Waals surface area (Å²) in [6, 6.07) is 0. The molecule has 0 aliphatic carbocycles. The molecule has 6 heteroatoms. The lowest BCUT2D eigenvalue weighted by atomic mass is 10.1. The number of unbranched alkanes of at least 4 members (excludes halogenated alkanes) is 9. The third-order valence-electron chi connectivity index (χ3n) is 3.86. The van der Waals surface area contributed by atoms with E-state index in [0.717, 1.165) is 6.54 Å². The molecule has 0 rings (SSSR count). The van der Waals surface area contributed by atoms with E-state index in [4.69, 9.17) is 9.66 Å². The highest BCUT2D eigenvalue weighted by atomic mass is 32.2. The Hall–Kier alpha value is -0.170. The second-order valence-electron chi connectivity index (χ2n) is 6.23. The molecule has 3 N–H and O–H groups in total. The SMILES string of the molecule is CCCCCCCCCCCC[NH+](C)CCO.CCS(=O)(=O)O. The molecule has 0 saturated heterocycles. The van der Waals surface area contributed by atoms with Gasteiger partial charge < -0.3 is 10.0 Å². The summed E-state index contributed by atoms with van der Waals surface area (Å²) >= 11 is 0. The van der Waals surface area contributed by atoms with Crippen molar-refractivity contribution in [2.45, 2.75) is 78.1 Å². The Bertz CT molecular complexity index is 321. The molecule has 0 aromatic carbocycles. The van der Waals surface area contributed by atoms with Gasteiger partial charge in [-0.3, -0.25) is 4.55 Å². The van der Waals surface area contributed by atoms with Crippen molar-refractivity contribution in [1.29, 1.82) is 0 Å². The predicted octanol–water partition coefficient (Wildman–Crippen LogP) is 2.31. The molecule has 0 aromatic rings. The molecule has 23 heavy (non-hydrogen) atoms. The summed E-state index contributed by atoms with van der Waals surface area (Å²) in [5.41, 5.74) is 0. The van der Waals surface area contributed by atoms with Crippen LogP contribution < -0.4 is 4.90 Å². The van der Waals surface area contributed by atoms with Crippen LogP contribution in [0.4, 0.5) is 0 Å². The minimum atomic E-state index is -3.66. The zero-order chi connectivity index (χ0) is 18.0. The average Bonchev–Trinajstić information content (AvgIpc) is 2.49. The topological polar surface area (TPSA) is 79.0 Å². The molecule has 0 radical (unpaired) electrons. The molecular weight excluding hydrogens is 314 g/mol. The molecule has 5 nitrogen and oxygen atoms in total. The Morgan fingerprint density at radius 1 is 0.783 bits per heavy atom. The summed E-state index contributed by atoms with van der Waals surface area (Å²) in [7, 11) is -1.49. The molecule has 0 bridgehead atoms. The first-order chi connectivity index (χ1) is 10.9. The fourth-order valence-corrected chi connectivity index (χ4v) is 2.23. The zero-order valence-corrected chi connectivity index (χ0v) is 16.3. The summed E-state index contributed by atoms with van der Waals surface area (Å²) in [5.74, 6) is -0.201. The van der Waals surface area contributed by atoms with Crippen molar-refractivity contribution in [2.75, 3.05) is 32.5 Å². The van der Waals surface area contributed by atoms with Gasteiger partial charge in [-0.1, -0.05) is 58.3 Å². The van der Waals surface area contributed by atoms with Crippen LogP contribution in [0.2, 0.25) is 0 Å². The van der Waals surface area contributed by atoms with Gasteiger partial charge in [-0.15, -0.1) is 0 Å². The van der Waals surface area contributed by atoms with Crippen molar-refractivity contribution < 1.29 is 23.0 Å². The molecule has 1 unspecified atom stereocenters. The zero-order valence-electron chi connectivity index (χ0n) is 15.5. The number of hydrogen-bond donors (Lipinski definition) is 3. The summed E-state index contributed by atoms with van der Waals surface area (Å²) in [6.45, 7) is 6.09. The maximum atomic E-state index is 9.56. The summed E-state index contributed by atoms with van der Waals surface area (Å²) < 4.78 is 26.9. The van der Waals surface area contributed by atoms with Crippen LogP contribution in [0.3, 0.4) is 0 Å². The molecule has 0 aliphatic rings. The van der Waals surface area contributed by atoms with Crippen molar-refractivity contribution in [1.82, 2.24) is 0 Å². The number of rotatable bonds is 14. The van der Waals surface area contributed by atoms with Gasteiger partial charge in [-0.25, -0.2) is 0 Å².